The number of carbonyl (C=O) groups excluding carboxylic acids is 1. The summed E-state index contributed by atoms with van der Waals surface area (Å²) >= 11 is 0. The van der Waals surface area contributed by atoms with Gasteiger partial charge in [0.2, 0.25) is 5.76 Å². The van der Waals surface area contributed by atoms with Crippen LogP contribution in [0.5, 0.6) is 5.75 Å². The van der Waals surface area contributed by atoms with Crippen molar-refractivity contribution in [1.29, 1.82) is 0 Å². The summed E-state index contributed by atoms with van der Waals surface area (Å²) in [5.74, 6) is -0.936. The van der Waals surface area contributed by atoms with Crippen LogP contribution in [0.3, 0.4) is 0 Å². The number of amides is 1. The molecule has 2 aromatic heterocycles. The fourth-order valence-electron chi connectivity index (χ4n) is 3.17. The van der Waals surface area contributed by atoms with Crippen LogP contribution < -0.4 is 10.1 Å². The van der Waals surface area contributed by atoms with Crippen LogP contribution in [0.25, 0.3) is 11.1 Å². The van der Waals surface area contributed by atoms with E-state index >= 15 is 0 Å². The van der Waals surface area contributed by atoms with Gasteiger partial charge in [0.1, 0.15) is 17.4 Å². The Labute approximate surface area is 160 Å². The lowest BCUT2D eigenvalue weighted by Crippen LogP contribution is -2.35. The lowest BCUT2D eigenvalue weighted by atomic mass is 10.1. The van der Waals surface area contributed by atoms with Gasteiger partial charge in [-0.05, 0) is 44.2 Å². The van der Waals surface area contributed by atoms with E-state index in [1.165, 1.54) is 6.07 Å². The number of carboxylic acid groups (broad SMARTS) is 1. The molecule has 1 aliphatic rings. The van der Waals surface area contributed by atoms with Crippen molar-refractivity contribution in [2.24, 2.45) is 0 Å². The first-order valence-corrected chi connectivity index (χ1v) is 8.97. The van der Waals surface area contributed by atoms with E-state index in [1.807, 2.05) is 0 Å². The molecule has 0 saturated carbocycles. The number of piperidine rings is 1. The molecule has 1 aliphatic heterocycles. The van der Waals surface area contributed by atoms with Gasteiger partial charge >= 0.3 is 5.97 Å². The predicted molar refractivity (Wildman–Crippen MR) is 101 cm³/mol. The average molecular weight is 384 g/mol. The topological polar surface area (TPSA) is 121 Å². The Morgan fingerprint density at radius 3 is 2.68 bits per heavy atom. The van der Waals surface area contributed by atoms with E-state index in [0.29, 0.717) is 11.1 Å². The smallest absolute Gasteiger partial charge is 0.371 e. The zero-order chi connectivity index (χ0) is 19.7. The maximum atomic E-state index is 12.5. The molecule has 0 spiro atoms. The Hall–Kier alpha value is -3.33. The fourth-order valence-corrected chi connectivity index (χ4v) is 3.17. The molecule has 0 bridgehead atoms. The van der Waals surface area contributed by atoms with E-state index < -0.39 is 5.97 Å². The van der Waals surface area contributed by atoms with Gasteiger partial charge in [-0.1, -0.05) is 0 Å². The molecule has 1 aromatic carbocycles. The van der Waals surface area contributed by atoms with E-state index in [4.69, 9.17) is 14.3 Å². The normalized spacial score (nSPS) is 15.6. The van der Waals surface area contributed by atoms with Crippen LogP contribution in [-0.4, -0.2) is 58.3 Å². The van der Waals surface area contributed by atoms with E-state index in [9.17, 15) is 9.59 Å². The van der Waals surface area contributed by atoms with E-state index in [2.05, 4.69) is 27.5 Å². The van der Waals surface area contributed by atoms with Gasteiger partial charge in [-0.3, -0.25) is 9.89 Å². The molecular weight excluding hydrogens is 364 g/mol. The second-order valence-electron chi connectivity index (χ2n) is 6.83. The lowest BCUT2D eigenvalue weighted by Gasteiger charge is -2.29. The molecular formula is C19H20N4O5. The van der Waals surface area contributed by atoms with E-state index in [0.717, 1.165) is 31.7 Å². The predicted octanol–water partition coefficient (Wildman–Crippen LogP) is 2.58. The van der Waals surface area contributed by atoms with Gasteiger partial charge in [0, 0.05) is 24.7 Å². The van der Waals surface area contributed by atoms with Crippen LogP contribution in [0.1, 0.15) is 33.8 Å². The Morgan fingerprint density at radius 1 is 1.29 bits per heavy atom. The number of likely N-dealkylation sites (tertiary alicyclic amines) is 1. The molecule has 1 amide bonds. The van der Waals surface area contributed by atoms with Crippen LogP contribution in [-0.2, 0) is 0 Å². The summed E-state index contributed by atoms with van der Waals surface area (Å²) in [4.78, 5) is 25.7. The quantitative estimate of drug-likeness (QED) is 0.618. The van der Waals surface area contributed by atoms with Crippen molar-refractivity contribution in [3.8, 4) is 5.75 Å². The number of rotatable bonds is 5. The number of benzene rings is 1. The van der Waals surface area contributed by atoms with Crippen LogP contribution in [0.2, 0.25) is 0 Å². The number of aromatic amines is 1. The van der Waals surface area contributed by atoms with Crippen molar-refractivity contribution in [2.45, 2.75) is 18.9 Å². The summed E-state index contributed by atoms with van der Waals surface area (Å²) in [6.45, 7) is 2.03. The Balaban J connectivity index is 1.41. The van der Waals surface area contributed by atoms with Crippen molar-refractivity contribution in [1.82, 2.24) is 15.1 Å². The first-order valence-electron chi connectivity index (χ1n) is 8.97. The average Bonchev–Trinajstić information content (AvgIpc) is 3.26. The highest BCUT2D eigenvalue weighted by molar-refractivity contribution is 6.07. The van der Waals surface area contributed by atoms with Crippen molar-refractivity contribution in [3.05, 3.63) is 41.7 Å². The van der Waals surface area contributed by atoms with E-state index in [1.54, 1.807) is 24.3 Å². The minimum absolute atomic E-state index is 0.138. The van der Waals surface area contributed by atoms with Crippen LogP contribution >= 0.6 is 0 Å². The van der Waals surface area contributed by atoms with Crippen molar-refractivity contribution in [2.75, 3.05) is 25.5 Å². The van der Waals surface area contributed by atoms with Gasteiger partial charge in [0.05, 0.1) is 0 Å². The first kappa shape index (κ1) is 18.1. The number of aromatic carboxylic acids is 1. The molecule has 28 heavy (non-hydrogen) atoms. The molecule has 1 fully saturated rings. The molecule has 3 heterocycles. The van der Waals surface area contributed by atoms with Crippen LogP contribution in [0, 0.1) is 0 Å². The van der Waals surface area contributed by atoms with Crippen LogP contribution in [0.15, 0.2) is 34.7 Å². The molecule has 9 heteroatoms. The Kier molecular flexibility index (Phi) is 4.74. The number of fused-ring (bicyclic) bond motifs is 1. The lowest BCUT2D eigenvalue weighted by molar-refractivity contribution is 0.0665. The van der Waals surface area contributed by atoms with Crippen molar-refractivity contribution < 1.29 is 23.8 Å². The molecule has 1 saturated heterocycles. The van der Waals surface area contributed by atoms with Crippen molar-refractivity contribution >= 4 is 28.8 Å². The molecule has 0 radical (unpaired) electrons. The number of H-pyrrole nitrogens is 1. The van der Waals surface area contributed by atoms with Crippen molar-refractivity contribution in [3.63, 3.8) is 0 Å². The largest absolute Gasteiger partial charge is 0.490 e. The molecule has 0 atom stereocenters. The van der Waals surface area contributed by atoms with Gasteiger partial charge < -0.3 is 24.5 Å². The summed E-state index contributed by atoms with van der Waals surface area (Å²) in [6.07, 6.45) is 2.15. The molecule has 3 aromatic rings. The number of aromatic nitrogens is 2. The first-order chi connectivity index (χ1) is 13.5. The number of hydrogen-bond donors (Lipinski definition) is 3. The van der Waals surface area contributed by atoms with Gasteiger partial charge in [0.25, 0.3) is 5.91 Å². The standard InChI is InChI=1S/C19H20N4O5/c1-23-8-6-13(7-9-23)27-12-4-2-11(3-5-12)18(24)20-17-16-14(21-22-17)10-15(28-16)19(25)26/h2-5,10,13H,6-9H2,1H3,(H,25,26)(H2,20,21,22,24). The summed E-state index contributed by atoms with van der Waals surface area (Å²) < 4.78 is 11.2. The van der Waals surface area contributed by atoms with Gasteiger partial charge in [-0.25, -0.2) is 4.79 Å². The molecule has 0 aliphatic carbocycles. The van der Waals surface area contributed by atoms with Crippen LogP contribution in [0.4, 0.5) is 5.82 Å². The zero-order valence-corrected chi connectivity index (χ0v) is 15.3. The highest BCUT2D eigenvalue weighted by Gasteiger charge is 2.20. The van der Waals surface area contributed by atoms with E-state index in [-0.39, 0.29) is 29.2 Å². The maximum absolute atomic E-state index is 12.5. The highest BCUT2D eigenvalue weighted by Crippen LogP contribution is 2.25. The SMILES string of the molecule is CN1CCC(Oc2ccc(C(=O)Nc3n[nH]c4cc(C(=O)O)oc34)cc2)CC1. The third-order valence-corrected chi connectivity index (χ3v) is 4.76. The van der Waals surface area contributed by atoms with Gasteiger partial charge in [-0.15, -0.1) is 0 Å². The summed E-state index contributed by atoms with van der Waals surface area (Å²) in [5.41, 5.74) is 1.01. The third kappa shape index (κ3) is 3.70. The number of furan rings is 1. The number of nitrogens with zero attached hydrogens (tertiary/aromatic N) is 2. The second-order valence-corrected chi connectivity index (χ2v) is 6.83. The third-order valence-electron chi connectivity index (χ3n) is 4.76. The fraction of sp³-hybridized carbons (Fsp3) is 0.316. The maximum Gasteiger partial charge on any atom is 0.371 e. The summed E-state index contributed by atoms with van der Waals surface area (Å²) in [7, 11) is 2.10. The number of carboxylic acids is 1. The molecule has 9 nitrogen and oxygen atoms in total. The molecule has 4 rings (SSSR count). The number of ether oxygens (including phenoxy) is 1. The summed E-state index contributed by atoms with van der Waals surface area (Å²) in [5, 5.41) is 18.2. The minimum atomic E-state index is -1.19. The number of carbonyl (C=O) groups is 2. The second kappa shape index (κ2) is 7.35. The highest BCUT2D eigenvalue weighted by atomic mass is 16.5. The molecule has 0 unspecified atom stereocenters. The molecule has 146 valence electrons. The monoisotopic (exact) mass is 384 g/mol. The Bertz CT molecular complexity index is 999. The minimum Gasteiger partial charge on any atom is -0.490 e. The number of nitrogens with one attached hydrogen (secondary N) is 2. The summed E-state index contributed by atoms with van der Waals surface area (Å²) in [6, 6.07) is 8.20. The van der Waals surface area contributed by atoms with Gasteiger partial charge in [-0.2, -0.15) is 5.10 Å². The Morgan fingerprint density at radius 2 is 2.00 bits per heavy atom. The number of hydrogen-bond acceptors (Lipinski definition) is 6. The molecule has 3 N–H and O–H groups in total. The zero-order valence-electron chi connectivity index (χ0n) is 15.3. The van der Waals surface area contributed by atoms with Gasteiger partial charge in [0.15, 0.2) is 11.4 Å². The number of anilines is 1.